The summed E-state index contributed by atoms with van der Waals surface area (Å²) < 4.78 is 5.78. The van der Waals surface area contributed by atoms with E-state index in [1.165, 1.54) is 0 Å². The summed E-state index contributed by atoms with van der Waals surface area (Å²) in [7, 11) is 0. The van der Waals surface area contributed by atoms with E-state index in [0.29, 0.717) is 18.6 Å². The van der Waals surface area contributed by atoms with Crippen LogP contribution in [0.5, 0.6) is 0 Å². The van der Waals surface area contributed by atoms with E-state index >= 15 is 0 Å². The molecule has 1 aliphatic rings. The molecule has 0 unspecified atom stereocenters. The summed E-state index contributed by atoms with van der Waals surface area (Å²) in [4.78, 5) is 26.5. The van der Waals surface area contributed by atoms with E-state index in [4.69, 9.17) is 10.2 Å². The van der Waals surface area contributed by atoms with Crippen LogP contribution in [0.1, 0.15) is 55.5 Å². The van der Waals surface area contributed by atoms with Crippen molar-refractivity contribution in [1.29, 1.82) is 0 Å². The number of allylic oxidation sites excluding steroid dienone is 1. The van der Waals surface area contributed by atoms with Crippen molar-refractivity contribution in [3.05, 3.63) is 35.3 Å². The van der Waals surface area contributed by atoms with E-state index in [2.05, 4.69) is 24.1 Å². The lowest BCUT2D eigenvalue weighted by Gasteiger charge is -2.26. The van der Waals surface area contributed by atoms with Crippen molar-refractivity contribution in [3.8, 4) is 0 Å². The molecule has 0 aromatic carbocycles. The zero-order valence-electron chi connectivity index (χ0n) is 15.4. The molecule has 0 saturated heterocycles. The number of furan rings is 1. The fraction of sp³-hybridized carbons (Fsp3) is 0.579. The standard InChI is InChI=1S/C19H29N3O3/c1-4-16-13(12-22(5-2)6-3)11-17(25-16)19(24)21-15-10-8-7-9-14(15)18(20)23/h7-8,11,14-15H,4-6,9-10,12H2,1-3H3,(H2,20,23)(H,21,24)/t14-,15+/m0/s1. The molecular weight excluding hydrogens is 318 g/mol. The second-order valence-electron chi connectivity index (χ2n) is 6.41. The van der Waals surface area contributed by atoms with Crippen LogP contribution in [0.15, 0.2) is 22.6 Å². The van der Waals surface area contributed by atoms with Gasteiger partial charge in [0.15, 0.2) is 5.76 Å². The van der Waals surface area contributed by atoms with Crippen molar-refractivity contribution in [1.82, 2.24) is 10.2 Å². The average molecular weight is 347 g/mol. The minimum atomic E-state index is -0.384. The molecule has 1 heterocycles. The van der Waals surface area contributed by atoms with E-state index in [1.54, 1.807) is 0 Å². The van der Waals surface area contributed by atoms with Gasteiger partial charge in [-0.05, 0) is 32.0 Å². The molecule has 1 aromatic rings. The molecule has 3 N–H and O–H groups in total. The minimum absolute atomic E-state index is 0.281. The number of nitrogens with two attached hydrogens (primary N) is 1. The number of nitrogens with one attached hydrogen (secondary N) is 1. The van der Waals surface area contributed by atoms with Gasteiger partial charge in [0.1, 0.15) is 5.76 Å². The number of aryl methyl sites for hydroxylation is 1. The first-order valence-corrected chi connectivity index (χ1v) is 9.09. The maximum atomic E-state index is 12.6. The number of amides is 2. The number of hydrogen-bond acceptors (Lipinski definition) is 4. The van der Waals surface area contributed by atoms with E-state index in [1.807, 2.05) is 25.1 Å². The Morgan fingerprint density at radius 1 is 1.24 bits per heavy atom. The highest BCUT2D eigenvalue weighted by Gasteiger charge is 2.29. The molecule has 0 saturated carbocycles. The molecule has 1 aliphatic carbocycles. The van der Waals surface area contributed by atoms with Crippen molar-refractivity contribution in [2.24, 2.45) is 11.7 Å². The molecule has 1 aromatic heterocycles. The van der Waals surface area contributed by atoms with Crippen molar-refractivity contribution < 1.29 is 14.0 Å². The fourth-order valence-corrected chi connectivity index (χ4v) is 3.23. The first-order chi connectivity index (χ1) is 12.0. The molecule has 0 bridgehead atoms. The fourth-order valence-electron chi connectivity index (χ4n) is 3.23. The van der Waals surface area contributed by atoms with Crippen LogP contribution in [0.2, 0.25) is 0 Å². The third-order valence-electron chi connectivity index (χ3n) is 4.84. The molecule has 6 nitrogen and oxygen atoms in total. The highest BCUT2D eigenvalue weighted by molar-refractivity contribution is 5.92. The summed E-state index contributed by atoms with van der Waals surface area (Å²) in [5.41, 5.74) is 6.50. The van der Waals surface area contributed by atoms with Crippen molar-refractivity contribution in [2.75, 3.05) is 13.1 Å². The van der Waals surface area contributed by atoms with Crippen LogP contribution in [0.25, 0.3) is 0 Å². The molecule has 0 radical (unpaired) electrons. The normalized spacial score (nSPS) is 20.0. The minimum Gasteiger partial charge on any atom is -0.456 e. The lowest BCUT2D eigenvalue weighted by Crippen LogP contribution is -2.46. The topological polar surface area (TPSA) is 88.6 Å². The zero-order valence-corrected chi connectivity index (χ0v) is 15.4. The van der Waals surface area contributed by atoms with Crippen LogP contribution in [-0.4, -0.2) is 35.8 Å². The van der Waals surface area contributed by atoms with Crippen molar-refractivity contribution >= 4 is 11.8 Å². The Labute approximate surface area is 149 Å². The number of nitrogens with zero attached hydrogens (tertiary/aromatic N) is 1. The Hall–Kier alpha value is -2.08. The molecule has 2 rings (SSSR count). The highest BCUT2D eigenvalue weighted by atomic mass is 16.4. The van der Waals surface area contributed by atoms with E-state index < -0.39 is 0 Å². The number of hydrogen-bond donors (Lipinski definition) is 2. The van der Waals surface area contributed by atoms with Gasteiger partial charge in [-0.3, -0.25) is 14.5 Å². The molecule has 25 heavy (non-hydrogen) atoms. The van der Waals surface area contributed by atoms with Crippen LogP contribution in [0.4, 0.5) is 0 Å². The van der Waals surface area contributed by atoms with Crippen LogP contribution in [-0.2, 0) is 17.8 Å². The van der Waals surface area contributed by atoms with Gasteiger partial charge in [0, 0.05) is 24.6 Å². The summed E-state index contributed by atoms with van der Waals surface area (Å²) in [6, 6.07) is 1.54. The molecule has 0 spiro atoms. The Kier molecular flexibility index (Phi) is 6.82. The first-order valence-electron chi connectivity index (χ1n) is 9.09. The monoisotopic (exact) mass is 347 g/mol. The van der Waals surface area contributed by atoms with E-state index in [-0.39, 0.29) is 23.8 Å². The first kappa shape index (κ1) is 19.2. The van der Waals surface area contributed by atoms with Gasteiger partial charge >= 0.3 is 0 Å². The molecular formula is C19H29N3O3. The van der Waals surface area contributed by atoms with Crippen LogP contribution >= 0.6 is 0 Å². The number of carbonyl (C=O) groups excluding carboxylic acids is 2. The molecule has 2 amide bonds. The van der Waals surface area contributed by atoms with E-state index in [9.17, 15) is 9.59 Å². The van der Waals surface area contributed by atoms with Gasteiger partial charge in [-0.15, -0.1) is 0 Å². The van der Waals surface area contributed by atoms with Gasteiger partial charge < -0.3 is 15.5 Å². The summed E-state index contributed by atoms with van der Waals surface area (Å²) in [5.74, 6) is 0.103. The molecule has 6 heteroatoms. The maximum Gasteiger partial charge on any atom is 0.287 e. The Balaban J connectivity index is 2.12. The van der Waals surface area contributed by atoms with Gasteiger partial charge in [-0.25, -0.2) is 0 Å². The van der Waals surface area contributed by atoms with Crippen LogP contribution in [0, 0.1) is 5.92 Å². The maximum absolute atomic E-state index is 12.6. The molecule has 138 valence electrons. The number of carbonyl (C=O) groups is 2. The third-order valence-corrected chi connectivity index (χ3v) is 4.84. The van der Waals surface area contributed by atoms with Crippen LogP contribution in [0.3, 0.4) is 0 Å². The smallest absolute Gasteiger partial charge is 0.287 e. The van der Waals surface area contributed by atoms with Gasteiger partial charge in [0.05, 0.1) is 5.92 Å². The SMILES string of the molecule is CCc1oc(C(=O)N[C@@H]2CC=CC[C@@H]2C(N)=O)cc1CN(CC)CC. The lowest BCUT2D eigenvalue weighted by atomic mass is 9.88. The summed E-state index contributed by atoms with van der Waals surface area (Å²) in [6.45, 7) is 8.90. The van der Waals surface area contributed by atoms with Crippen LogP contribution < -0.4 is 11.1 Å². The van der Waals surface area contributed by atoms with Crippen molar-refractivity contribution in [3.63, 3.8) is 0 Å². The van der Waals surface area contributed by atoms with Gasteiger partial charge in [0.25, 0.3) is 5.91 Å². The number of rotatable bonds is 8. The molecule has 2 atom stereocenters. The molecule has 0 fully saturated rings. The predicted molar refractivity (Wildman–Crippen MR) is 97.0 cm³/mol. The average Bonchev–Trinajstić information content (AvgIpc) is 3.03. The Morgan fingerprint density at radius 3 is 2.52 bits per heavy atom. The molecule has 0 aliphatic heterocycles. The largest absolute Gasteiger partial charge is 0.456 e. The quantitative estimate of drug-likeness (QED) is 0.706. The zero-order chi connectivity index (χ0) is 18.4. The van der Waals surface area contributed by atoms with Gasteiger partial charge in [-0.2, -0.15) is 0 Å². The Morgan fingerprint density at radius 2 is 1.92 bits per heavy atom. The lowest BCUT2D eigenvalue weighted by molar-refractivity contribution is -0.122. The van der Waals surface area contributed by atoms with Gasteiger partial charge in [0.2, 0.25) is 5.91 Å². The predicted octanol–water partition coefficient (Wildman–Crippen LogP) is 2.23. The Bertz CT molecular complexity index is 632. The van der Waals surface area contributed by atoms with Crippen molar-refractivity contribution in [2.45, 2.75) is 52.6 Å². The summed E-state index contributed by atoms with van der Waals surface area (Å²) in [5, 5.41) is 2.91. The highest BCUT2D eigenvalue weighted by Crippen LogP contribution is 2.22. The van der Waals surface area contributed by atoms with E-state index in [0.717, 1.165) is 37.4 Å². The third kappa shape index (κ3) is 4.72. The summed E-state index contributed by atoms with van der Waals surface area (Å²) in [6.07, 6.45) is 5.80. The second-order valence-corrected chi connectivity index (χ2v) is 6.41. The summed E-state index contributed by atoms with van der Waals surface area (Å²) >= 11 is 0. The second kappa shape index (κ2) is 8.85. The number of primary amides is 1. The van der Waals surface area contributed by atoms with Gasteiger partial charge in [-0.1, -0.05) is 32.9 Å².